The van der Waals surface area contributed by atoms with Crippen LogP contribution in [0.15, 0.2) is 0 Å². The molecule has 0 radical (unpaired) electrons. The van der Waals surface area contributed by atoms with E-state index in [4.69, 9.17) is 0 Å². The van der Waals surface area contributed by atoms with Crippen LogP contribution in [0.3, 0.4) is 0 Å². The van der Waals surface area contributed by atoms with E-state index in [1.807, 2.05) is 0 Å². The van der Waals surface area contributed by atoms with Crippen LogP contribution in [0, 0.1) is 16.7 Å². The number of fused-ring (bicyclic) bond motifs is 2. The van der Waals surface area contributed by atoms with Crippen molar-refractivity contribution >= 4 is 0 Å². The van der Waals surface area contributed by atoms with Crippen LogP contribution < -0.4 is 24.8 Å². The summed E-state index contributed by atoms with van der Waals surface area (Å²) in [5.41, 5.74) is 1.13. The maximum absolute atomic E-state index is 2.56. The van der Waals surface area contributed by atoms with Crippen molar-refractivity contribution in [2.45, 2.75) is 40.0 Å². The molecule has 3 atom stereocenters. The van der Waals surface area contributed by atoms with E-state index in [9.17, 15) is 0 Å². The minimum absolute atomic E-state index is 0. The Balaban J connectivity index is 0.00000200. The van der Waals surface area contributed by atoms with Gasteiger partial charge in [0.1, 0.15) is 0 Å². The standard InChI is InChI=1S/C17H36N2.2ClH/c1-16(2)15-9-10-17(16,3)14-19(7,13-15)12-8-11-18(4,5)6;;/h15H,8-14H2,1-7H3;2*1H/q+2;;/p-2. The van der Waals surface area contributed by atoms with Gasteiger partial charge in [-0.1, -0.05) is 20.8 Å². The van der Waals surface area contributed by atoms with Crippen LogP contribution in [-0.4, -0.2) is 63.3 Å². The lowest BCUT2D eigenvalue weighted by molar-refractivity contribution is -0.931. The molecule has 2 fully saturated rings. The van der Waals surface area contributed by atoms with Crippen LogP contribution in [0.5, 0.6) is 0 Å². The lowest BCUT2D eigenvalue weighted by Crippen LogP contribution is -3.00. The van der Waals surface area contributed by atoms with E-state index in [1.54, 1.807) is 0 Å². The molecule has 2 nitrogen and oxygen atoms in total. The molecule has 4 heteroatoms. The SMILES string of the molecule is CC12CCC(C[N+](C)(CCC[N+](C)(C)C)C1)C2(C)C.[Cl-].[Cl-]. The van der Waals surface area contributed by atoms with Crippen LogP contribution >= 0.6 is 0 Å². The number of likely N-dealkylation sites (tertiary alicyclic amines) is 1. The van der Waals surface area contributed by atoms with Gasteiger partial charge in [0.05, 0.1) is 54.4 Å². The van der Waals surface area contributed by atoms with Crippen molar-refractivity contribution in [1.29, 1.82) is 0 Å². The molecule has 1 aliphatic heterocycles. The Morgan fingerprint density at radius 3 is 2.14 bits per heavy atom. The second-order valence-corrected chi connectivity index (χ2v) is 9.57. The van der Waals surface area contributed by atoms with Gasteiger partial charge in [0.2, 0.25) is 0 Å². The van der Waals surface area contributed by atoms with Crippen LogP contribution in [0.25, 0.3) is 0 Å². The van der Waals surface area contributed by atoms with Crippen molar-refractivity contribution < 1.29 is 33.8 Å². The van der Waals surface area contributed by atoms with E-state index in [1.165, 1.54) is 49.9 Å². The molecule has 128 valence electrons. The van der Waals surface area contributed by atoms with Crippen molar-refractivity contribution in [3.8, 4) is 0 Å². The largest absolute Gasteiger partial charge is 1.00 e. The Hall–Kier alpha value is 0.500. The van der Waals surface area contributed by atoms with E-state index < -0.39 is 0 Å². The van der Waals surface area contributed by atoms with Gasteiger partial charge in [-0.3, -0.25) is 0 Å². The Bertz CT molecular complexity index is 351. The van der Waals surface area contributed by atoms with Gasteiger partial charge in [-0.05, 0) is 18.3 Å². The normalized spacial score (nSPS) is 37.6. The number of rotatable bonds is 4. The van der Waals surface area contributed by atoms with E-state index in [0.29, 0.717) is 10.8 Å². The Morgan fingerprint density at radius 1 is 1.10 bits per heavy atom. The highest BCUT2D eigenvalue weighted by atomic mass is 35.5. The lowest BCUT2D eigenvalue weighted by Gasteiger charge is -2.54. The third-order valence-electron chi connectivity index (χ3n) is 6.54. The highest BCUT2D eigenvalue weighted by Crippen LogP contribution is 2.60. The first-order valence-electron chi connectivity index (χ1n) is 8.12. The molecule has 3 unspecified atom stereocenters. The lowest BCUT2D eigenvalue weighted by atomic mass is 9.62. The molecule has 0 aromatic rings. The van der Waals surface area contributed by atoms with Gasteiger partial charge in [0.15, 0.2) is 0 Å². The molecule has 2 aliphatic rings. The Labute approximate surface area is 145 Å². The van der Waals surface area contributed by atoms with Gasteiger partial charge in [-0.2, -0.15) is 0 Å². The van der Waals surface area contributed by atoms with Crippen molar-refractivity contribution in [2.24, 2.45) is 16.7 Å². The fourth-order valence-electron chi connectivity index (χ4n) is 4.81. The van der Waals surface area contributed by atoms with Gasteiger partial charge in [0.25, 0.3) is 0 Å². The monoisotopic (exact) mass is 338 g/mol. The average molecular weight is 339 g/mol. The van der Waals surface area contributed by atoms with E-state index in [-0.39, 0.29) is 24.8 Å². The first-order valence-corrected chi connectivity index (χ1v) is 8.12. The number of hydrogen-bond donors (Lipinski definition) is 0. The zero-order chi connectivity index (χ0) is 14.5. The summed E-state index contributed by atoms with van der Waals surface area (Å²) in [7, 11) is 9.44. The zero-order valence-electron chi connectivity index (χ0n) is 15.2. The predicted octanol–water partition coefficient (Wildman–Crippen LogP) is -3.01. The second kappa shape index (κ2) is 6.55. The molecular formula is C17H36Cl2N2. The van der Waals surface area contributed by atoms with Crippen molar-refractivity contribution in [1.82, 2.24) is 0 Å². The van der Waals surface area contributed by atoms with Crippen molar-refractivity contribution in [2.75, 3.05) is 54.4 Å². The smallest absolute Gasteiger partial charge is 0.0844 e. The van der Waals surface area contributed by atoms with Gasteiger partial charge >= 0.3 is 0 Å². The Morgan fingerprint density at radius 2 is 1.67 bits per heavy atom. The average Bonchev–Trinajstić information content (AvgIpc) is 2.36. The number of halogens is 2. The minimum Gasteiger partial charge on any atom is -1.00 e. The fraction of sp³-hybridized carbons (Fsp3) is 1.00. The Kier molecular flexibility index (Phi) is 6.71. The van der Waals surface area contributed by atoms with Gasteiger partial charge in [-0.15, -0.1) is 0 Å². The molecule has 21 heavy (non-hydrogen) atoms. The molecule has 2 bridgehead atoms. The third kappa shape index (κ3) is 4.28. The number of nitrogens with zero attached hydrogens (tertiary/aromatic N) is 2. The summed E-state index contributed by atoms with van der Waals surface area (Å²) in [6.07, 6.45) is 4.28. The van der Waals surface area contributed by atoms with Crippen LogP contribution in [0.1, 0.15) is 40.0 Å². The molecule has 0 aromatic carbocycles. The summed E-state index contributed by atoms with van der Waals surface area (Å²) in [5, 5.41) is 0. The number of piperidine rings is 1. The highest BCUT2D eigenvalue weighted by Gasteiger charge is 2.60. The molecule has 0 N–H and O–H groups in total. The maximum atomic E-state index is 2.56. The summed E-state index contributed by atoms with van der Waals surface area (Å²) >= 11 is 0. The summed E-state index contributed by atoms with van der Waals surface area (Å²) in [4.78, 5) is 0. The van der Waals surface area contributed by atoms with Crippen LogP contribution in [-0.2, 0) is 0 Å². The molecule has 0 amide bonds. The number of quaternary nitrogens is 2. The van der Waals surface area contributed by atoms with Crippen LogP contribution in [0.4, 0.5) is 0 Å². The fourth-order valence-corrected chi connectivity index (χ4v) is 4.81. The number of hydrogen-bond acceptors (Lipinski definition) is 0. The molecule has 1 saturated carbocycles. The third-order valence-corrected chi connectivity index (χ3v) is 6.54. The molecule has 1 saturated heterocycles. The van der Waals surface area contributed by atoms with Gasteiger partial charge < -0.3 is 33.8 Å². The summed E-state index contributed by atoms with van der Waals surface area (Å²) < 4.78 is 2.43. The highest BCUT2D eigenvalue weighted by molar-refractivity contribution is 5.02. The van der Waals surface area contributed by atoms with E-state index >= 15 is 0 Å². The zero-order valence-corrected chi connectivity index (χ0v) is 16.7. The predicted molar refractivity (Wildman–Crippen MR) is 82.9 cm³/mol. The first-order chi connectivity index (χ1) is 8.48. The van der Waals surface area contributed by atoms with Crippen molar-refractivity contribution in [3.05, 3.63) is 0 Å². The van der Waals surface area contributed by atoms with E-state index in [0.717, 1.165) is 10.4 Å². The molecule has 1 aliphatic carbocycles. The minimum atomic E-state index is 0. The quantitative estimate of drug-likeness (QED) is 0.479. The summed E-state index contributed by atoms with van der Waals surface area (Å²) in [6.45, 7) is 13.1. The van der Waals surface area contributed by atoms with Gasteiger partial charge in [-0.25, -0.2) is 0 Å². The van der Waals surface area contributed by atoms with Crippen LogP contribution in [0.2, 0.25) is 0 Å². The molecule has 0 aromatic heterocycles. The van der Waals surface area contributed by atoms with Gasteiger partial charge in [0, 0.05) is 17.8 Å². The maximum Gasteiger partial charge on any atom is 0.0844 e. The topological polar surface area (TPSA) is 0 Å². The second-order valence-electron chi connectivity index (χ2n) is 9.57. The summed E-state index contributed by atoms with van der Waals surface area (Å²) in [6, 6.07) is 0. The van der Waals surface area contributed by atoms with Crippen molar-refractivity contribution in [3.63, 3.8) is 0 Å². The summed E-state index contributed by atoms with van der Waals surface area (Å²) in [5.74, 6) is 0.945. The van der Waals surface area contributed by atoms with E-state index in [2.05, 4.69) is 49.0 Å². The molecule has 0 spiro atoms. The molecular weight excluding hydrogens is 303 g/mol. The first kappa shape index (κ1) is 21.5. The molecule has 2 rings (SSSR count). The molecule has 1 heterocycles.